The average Bonchev–Trinajstić information content (AvgIpc) is 2.05. The van der Waals surface area contributed by atoms with Crippen LogP contribution in [0.25, 0.3) is 10.8 Å². The molecule has 0 amide bonds. The Bertz CT molecular complexity index is 276. The largest absolute Gasteiger partial charge is 1.00 e. The monoisotopic (exact) mass is 190 g/mol. The number of fused-ring (bicyclic) bond motifs is 1. The van der Waals surface area contributed by atoms with Crippen LogP contribution in [0.15, 0.2) is 42.5 Å². The molecule has 0 spiro atoms. The Hall–Kier alpha value is -0.781. The molecule has 0 aromatic heterocycles. The summed E-state index contributed by atoms with van der Waals surface area (Å²) in [5, 5.41) is 2.53. The van der Waals surface area contributed by atoms with Crippen LogP contribution in [0.4, 0.5) is 0 Å². The van der Waals surface area contributed by atoms with E-state index < -0.39 is 0 Å². The standard InChI is InChI=1S/C10H7.Cu/c1-2-6-10-8-4-3-7-9(10)5-1;/h1-3,5-8H;/q-1;+1. The fourth-order valence-corrected chi connectivity index (χ4v) is 1.07. The van der Waals surface area contributed by atoms with Gasteiger partial charge in [0, 0.05) is 0 Å². The zero-order valence-corrected chi connectivity index (χ0v) is 6.78. The summed E-state index contributed by atoms with van der Waals surface area (Å²) in [4.78, 5) is 0. The van der Waals surface area contributed by atoms with Crippen molar-refractivity contribution in [2.75, 3.05) is 0 Å². The van der Waals surface area contributed by atoms with Crippen LogP contribution in [0.1, 0.15) is 0 Å². The first-order valence-electron chi connectivity index (χ1n) is 3.32. The van der Waals surface area contributed by atoms with Gasteiger partial charge in [0.1, 0.15) is 0 Å². The molecule has 2 aromatic carbocycles. The maximum absolute atomic E-state index is 3.04. The van der Waals surface area contributed by atoms with E-state index in [2.05, 4.69) is 24.3 Å². The number of hydrogen-bond donors (Lipinski definition) is 0. The van der Waals surface area contributed by atoms with Crippen molar-refractivity contribution in [3.8, 4) is 0 Å². The molecule has 11 heavy (non-hydrogen) atoms. The molecular weight excluding hydrogens is 184 g/mol. The second-order valence-corrected chi connectivity index (χ2v) is 2.27. The van der Waals surface area contributed by atoms with Crippen LogP contribution in [0.2, 0.25) is 0 Å². The molecule has 0 N–H and O–H groups in total. The molecule has 0 atom stereocenters. The topological polar surface area (TPSA) is 0 Å². The molecule has 0 aliphatic heterocycles. The van der Waals surface area contributed by atoms with Crippen molar-refractivity contribution in [3.63, 3.8) is 0 Å². The molecule has 0 fully saturated rings. The van der Waals surface area contributed by atoms with Gasteiger partial charge in [0.25, 0.3) is 0 Å². The summed E-state index contributed by atoms with van der Waals surface area (Å²) in [6.07, 6.45) is 0. The van der Waals surface area contributed by atoms with Crippen LogP contribution in [0.3, 0.4) is 0 Å². The molecule has 58 valence electrons. The van der Waals surface area contributed by atoms with Crippen molar-refractivity contribution < 1.29 is 17.1 Å². The quantitative estimate of drug-likeness (QED) is 0.443. The Labute approximate surface area is 76.7 Å². The molecule has 0 unspecified atom stereocenters. The van der Waals surface area contributed by atoms with Crippen LogP contribution in [-0.2, 0) is 17.1 Å². The summed E-state index contributed by atoms with van der Waals surface area (Å²) in [7, 11) is 0. The van der Waals surface area contributed by atoms with Gasteiger partial charge in [-0.05, 0) is 0 Å². The molecule has 0 aliphatic carbocycles. The summed E-state index contributed by atoms with van der Waals surface area (Å²) in [6, 6.07) is 17.3. The van der Waals surface area contributed by atoms with Crippen LogP contribution in [0.5, 0.6) is 0 Å². The van der Waals surface area contributed by atoms with Crippen molar-refractivity contribution in [2.24, 2.45) is 0 Å². The summed E-state index contributed by atoms with van der Waals surface area (Å²) >= 11 is 0. The predicted octanol–water partition coefficient (Wildman–Crippen LogP) is 2.64. The summed E-state index contributed by atoms with van der Waals surface area (Å²) in [6.45, 7) is 0. The molecule has 1 heteroatoms. The smallest absolute Gasteiger partial charge is 0.183 e. The molecule has 0 saturated carbocycles. The minimum absolute atomic E-state index is 0. The first-order valence-corrected chi connectivity index (χ1v) is 3.32. The van der Waals surface area contributed by atoms with Crippen LogP contribution in [-0.4, -0.2) is 0 Å². The van der Waals surface area contributed by atoms with E-state index in [1.807, 2.05) is 24.3 Å². The van der Waals surface area contributed by atoms with Gasteiger partial charge in [-0.2, -0.15) is 24.3 Å². The van der Waals surface area contributed by atoms with Gasteiger partial charge < -0.3 is 0 Å². The molecule has 0 aliphatic rings. The maximum Gasteiger partial charge on any atom is 1.00 e. The Balaban J connectivity index is 0.000000605. The summed E-state index contributed by atoms with van der Waals surface area (Å²) < 4.78 is 0. The van der Waals surface area contributed by atoms with Gasteiger partial charge in [0.15, 0.2) is 0 Å². The molecule has 2 rings (SSSR count). The third-order valence-electron chi connectivity index (χ3n) is 1.59. The van der Waals surface area contributed by atoms with Gasteiger partial charge in [-0.15, -0.1) is 16.8 Å². The third-order valence-corrected chi connectivity index (χ3v) is 1.59. The minimum Gasteiger partial charge on any atom is -0.183 e. The van der Waals surface area contributed by atoms with E-state index in [4.69, 9.17) is 0 Å². The van der Waals surface area contributed by atoms with Crippen molar-refractivity contribution in [1.29, 1.82) is 0 Å². The number of benzene rings is 2. The Morgan fingerprint density at radius 1 is 0.909 bits per heavy atom. The van der Waals surface area contributed by atoms with Gasteiger partial charge in [0.2, 0.25) is 0 Å². The fourth-order valence-electron chi connectivity index (χ4n) is 1.07. The molecule has 0 radical (unpaired) electrons. The van der Waals surface area contributed by atoms with Crippen LogP contribution in [0, 0.1) is 6.07 Å². The Morgan fingerprint density at radius 2 is 1.64 bits per heavy atom. The summed E-state index contributed by atoms with van der Waals surface area (Å²) in [5.74, 6) is 0. The van der Waals surface area contributed by atoms with Gasteiger partial charge in [-0.3, -0.25) is 0 Å². The maximum atomic E-state index is 3.04. The zero-order chi connectivity index (χ0) is 6.81. The second-order valence-electron chi connectivity index (χ2n) is 2.27. The van der Waals surface area contributed by atoms with Crippen LogP contribution >= 0.6 is 0 Å². The zero-order valence-electron chi connectivity index (χ0n) is 5.84. The van der Waals surface area contributed by atoms with E-state index >= 15 is 0 Å². The minimum atomic E-state index is 0. The normalized spacial score (nSPS) is 9.09. The number of hydrogen-bond acceptors (Lipinski definition) is 0. The van der Waals surface area contributed by atoms with E-state index in [0.717, 1.165) is 0 Å². The summed E-state index contributed by atoms with van der Waals surface area (Å²) in [5.41, 5.74) is 0. The Kier molecular flexibility index (Phi) is 2.69. The molecule has 0 bridgehead atoms. The van der Waals surface area contributed by atoms with E-state index in [1.54, 1.807) is 0 Å². The van der Waals surface area contributed by atoms with E-state index in [0.29, 0.717) is 0 Å². The van der Waals surface area contributed by atoms with Crippen molar-refractivity contribution in [1.82, 2.24) is 0 Å². The molecular formula is C10H7Cu. The van der Waals surface area contributed by atoms with Gasteiger partial charge in [-0.1, -0.05) is 18.2 Å². The Morgan fingerprint density at radius 3 is 2.36 bits per heavy atom. The third kappa shape index (κ3) is 1.62. The second kappa shape index (κ2) is 3.56. The van der Waals surface area contributed by atoms with Gasteiger partial charge >= 0.3 is 17.1 Å². The van der Waals surface area contributed by atoms with E-state index in [-0.39, 0.29) is 17.1 Å². The average molecular weight is 191 g/mol. The van der Waals surface area contributed by atoms with Crippen LogP contribution < -0.4 is 0 Å². The first-order chi connectivity index (χ1) is 4.97. The van der Waals surface area contributed by atoms with Gasteiger partial charge in [0.05, 0.1) is 0 Å². The fraction of sp³-hybridized carbons (Fsp3) is 0. The van der Waals surface area contributed by atoms with E-state index in [9.17, 15) is 0 Å². The predicted molar refractivity (Wildman–Crippen MR) is 42.8 cm³/mol. The van der Waals surface area contributed by atoms with Crippen molar-refractivity contribution in [3.05, 3.63) is 48.5 Å². The van der Waals surface area contributed by atoms with Crippen molar-refractivity contribution in [2.45, 2.75) is 0 Å². The molecule has 2 aromatic rings. The number of rotatable bonds is 0. The van der Waals surface area contributed by atoms with E-state index in [1.165, 1.54) is 10.8 Å². The molecule has 0 nitrogen and oxygen atoms in total. The SMILES string of the molecule is [Cu+].[c-]1ccc2ccccc2c1. The van der Waals surface area contributed by atoms with Crippen molar-refractivity contribution >= 4 is 10.8 Å². The molecule has 0 heterocycles. The van der Waals surface area contributed by atoms with Gasteiger partial charge in [-0.25, -0.2) is 0 Å². The molecule has 0 saturated heterocycles. The first kappa shape index (κ1) is 8.32.